The van der Waals surface area contributed by atoms with Crippen LogP contribution in [-0.4, -0.2) is 75.3 Å². The molecule has 8 heteroatoms. The van der Waals surface area contributed by atoms with Gasteiger partial charge in [0.1, 0.15) is 12.3 Å². The standard InChI is InChI=1S/C37H56N2O6/c1-21(39(6)7)30-26(45-32(41)23-16-24(42-8)31(40)25(17-23)43-9)18-35(5)28-11-10-27-33(3)20-44-22(2)38-29(33)12-13-36(27)19-37(28,36)15-14-34(30,35)4/h16-17,21-22,26-30,38,40H,10-15,18-20H2,1-9H3/t21-,22+,26-,27?,28?,29+,30+,33+,34-,35+,36-,37+/m1/s1. The fourth-order valence-corrected chi connectivity index (χ4v) is 12.9. The predicted octanol–water partition coefficient (Wildman–Crippen LogP) is 6.25. The van der Waals surface area contributed by atoms with E-state index in [2.05, 4.69) is 58.9 Å². The van der Waals surface area contributed by atoms with E-state index in [1.807, 2.05) is 0 Å². The first-order valence-corrected chi connectivity index (χ1v) is 17.4. The van der Waals surface area contributed by atoms with Crippen LogP contribution in [0.2, 0.25) is 0 Å². The van der Waals surface area contributed by atoms with Gasteiger partial charge in [0.25, 0.3) is 0 Å². The van der Waals surface area contributed by atoms with E-state index in [-0.39, 0.29) is 63.8 Å². The van der Waals surface area contributed by atoms with Crippen molar-refractivity contribution in [3.63, 3.8) is 0 Å². The van der Waals surface area contributed by atoms with E-state index in [4.69, 9.17) is 18.9 Å². The van der Waals surface area contributed by atoms with Crippen molar-refractivity contribution in [2.75, 3.05) is 34.9 Å². The van der Waals surface area contributed by atoms with Crippen molar-refractivity contribution >= 4 is 5.97 Å². The molecule has 2 N–H and O–H groups in total. The van der Waals surface area contributed by atoms with Crippen LogP contribution in [0, 0.1) is 44.8 Å². The molecule has 0 bridgehead atoms. The van der Waals surface area contributed by atoms with Gasteiger partial charge in [-0.15, -0.1) is 0 Å². The first-order valence-electron chi connectivity index (χ1n) is 17.4. The summed E-state index contributed by atoms with van der Waals surface area (Å²) < 4.78 is 23.6. The number of nitrogens with zero attached hydrogens (tertiary/aromatic N) is 1. The zero-order valence-corrected chi connectivity index (χ0v) is 29.0. The maximum absolute atomic E-state index is 13.9. The number of ether oxygens (including phenoxy) is 4. The number of phenols is 1. The number of rotatable bonds is 6. The van der Waals surface area contributed by atoms with Gasteiger partial charge in [0.15, 0.2) is 11.5 Å². The van der Waals surface area contributed by atoms with Crippen molar-refractivity contribution in [2.45, 2.75) is 110 Å². The summed E-state index contributed by atoms with van der Waals surface area (Å²) in [6.07, 6.45) is 9.78. The van der Waals surface area contributed by atoms with Crippen LogP contribution in [0.1, 0.15) is 96.3 Å². The molecule has 0 amide bonds. The predicted molar refractivity (Wildman–Crippen MR) is 172 cm³/mol. The number of hydrogen-bond donors (Lipinski definition) is 2. The number of aromatic hydroxyl groups is 1. The Morgan fingerprint density at radius 3 is 2.29 bits per heavy atom. The molecule has 7 rings (SSSR count). The second-order valence-electron chi connectivity index (χ2n) is 16.8. The SMILES string of the molecule is COc1cc(C(=O)O[C@@H]2C[C@@]3(C)C4CCC5[C@@]6(CC[C@@H]7N[C@H](C)OC[C@@]57C)C[C@@]46CC[C@]3(C)[C@H]2[C@@H](C)N(C)C)cc(OC)c1O. The van der Waals surface area contributed by atoms with E-state index >= 15 is 0 Å². The Labute approximate surface area is 269 Å². The molecule has 45 heavy (non-hydrogen) atoms. The Morgan fingerprint density at radius 1 is 1.00 bits per heavy atom. The molecule has 6 fully saturated rings. The average molecular weight is 625 g/mol. The summed E-state index contributed by atoms with van der Waals surface area (Å²) in [5, 5.41) is 14.3. The number of fused-ring (bicyclic) bond motifs is 4. The third kappa shape index (κ3) is 4.03. The van der Waals surface area contributed by atoms with Gasteiger partial charge >= 0.3 is 5.97 Å². The first kappa shape index (κ1) is 31.6. The molecule has 250 valence electrons. The van der Waals surface area contributed by atoms with Crippen LogP contribution in [-0.2, 0) is 9.47 Å². The summed E-state index contributed by atoms with van der Waals surface area (Å²) in [7, 11) is 7.26. The van der Waals surface area contributed by atoms with Crippen molar-refractivity contribution in [2.24, 2.45) is 44.8 Å². The molecular formula is C37H56N2O6. The summed E-state index contributed by atoms with van der Waals surface area (Å²) in [5.41, 5.74) is 1.46. The highest BCUT2D eigenvalue weighted by molar-refractivity contribution is 5.91. The van der Waals surface area contributed by atoms with Gasteiger partial charge in [-0.1, -0.05) is 20.8 Å². The average Bonchev–Trinajstić information content (AvgIpc) is 3.61. The van der Waals surface area contributed by atoms with E-state index in [0.717, 1.165) is 13.0 Å². The summed E-state index contributed by atoms with van der Waals surface area (Å²) in [6.45, 7) is 13.0. The number of methoxy groups -OCH3 is 2. The summed E-state index contributed by atoms with van der Waals surface area (Å²) in [6, 6.07) is 3.91. The molecule has 1 aliphatic heterocycles. The number of esters is 1. The Hall–Kier alpha value is -2.03. The Bertz CT molecular complexity index is 1340. The maximum atomic E-state index is 13.9. The van der Waals surface area contributed by atoms with E-state index in [0.29, 0.717) is 34.3 Å². The molecule has 8 nitrogen and oxygen atoms in total. The van der Waals surface area contributed by atoms with Crippen LogP contribution >= 0.6 is 0 Å². The zero-order valence-electron chi connectivity index (χ0n) is 29.0. The van der Waals surface area contributed by atoms with Crippen molar-refractivity contribution in [1.29, 1.82) is 0 Å². The molecule has 6 aliphatic rings. The summed E-state index contributed by atoms with van der Waals surface area (Å²) >= 11 is 0. The molecule has 0 radical (unpaired) electrons. The summed E-state index contributed by atoms with van der Waals surface area (Å²) in [5.74, 6) is 1.45. The van der Waals surface area contributed by atoms with E-state index < -0.39 is 0 Å². The third-order valence-corrected chi connectivity index (χ3v) is 15.4. The Kier molecular flexibility index (Phi) is 7.18. The Morgan fingerprint density at radius 2 is 1.64 bits per heavy atom. The summed E-state index contributed by atoms with van der Waals surface area (Å²) in [4.78, 5) is 16.2. The Balaban J connectivity index is 1.21. The van der Waals surface area contributed by atoms with Crippen LogP contribution in [0.15, 0.2) is 12.1 Å². The zero-order chi connectivity index (χ0) is 32.3. The number of nitrogens with one attached hydrogen (secondary N) is 1. The fraction of sp³-hybridized carbons (Fsp3) is 0.811. The number of hydrogen-bond acceptors (Lipinski definition) is 8. The van der Waals surface area contributed by atoms with Gasteiger partial charge in [0.2, 0.25) is 5.75 Å². The van der Waals surface area contributed by atoms with Crippen LogP contribution < -0.4 is 14.8 Å². The van der Waals surface area contributed by atoms with Crippen LogP contribution in [0.3, 0.4) is 0 Å². The highest BCUT2D eigenvalue weighted by Gasteiger charge is 2.83. The van der Waals surface area contributed by atoms with Crippen LogP contribution in [0.4, 0.5) is 0 Å². The quantitative estimate of drug-likeness (QED) is 0.359. The molecule has 1 aromatic rings. The van der Waals surface area contributed by atoms with Gasteiger partial charge < -0.3 is 29.0 Å². The lowest BCUT2D eigenvalue weighted by Crippen LogP contribution is -2.65. The molecule has 12 atom stereocenters. The molecule has 2 spiro atoms. The highest BCUT2D eigenvalue weighted by Crippen LogP contribution is 2.89. The smallest absolute Gasteiger partial charge is 0.338 e. The lowest BCUT2D eigenvalue weighted by atomic mass is 9.41. The topological polar surface area (TPSA) is 89.5 Å². The van der Waals surface area contributed by atoms with Gasteiger partial charge in [0, 0.05) is 23.4 Å². The van der Waals surface area contributed by atoms with Gasteiger partial charge in [-0.05, 0) is 125 Å². The van der Waals surface area contributed by atoms with Crippen LogP contribution in [0.5, 0.6) is 17.2 Å². The molecule has 1 saturated heterocycles. The van der Waals surface area contributed by atoms with Gasteiger partial charge in [-0.25, -0.2) is 4.79 Å². The third-order valence-electron chi connectivity index (χ3n) is 15.4. The van der Waals surface area contributed by atoms with Crippen molar-refractivity contribution < 1.29 is 28.8 Å². The van der Waals surface area contributed by atoms with Crippen LogP contribution in [0.25, 0.3) is 0 Å². The van der Waals surface area contributed by atoms with Crippen molar-refractivity contribution in [3.8, 4) is 17.2 Å². The van der Waals surface area contributed by atoms with E-state index in [1.165, 1.54) is 59.2 Å². The second-order valence-corrected chi connectivity index (χ2v) is 16.8. The number of carbonyl (C=O) groups is 1. The minimum atomic E-state index is -0.384. The monoisotopic (exact) mass is 624 g/mol. The molecule has 1 aromatic carbocycles. The largest absolute Gasteiger partial charge is 0.502 e. The molecular weight excluding hydrogens is 568 g/mol. The highest BCUT2D eigenvalue weighted by atomic mass is 16.5. The van der Waals surface area contributed by atoms with E-state index in [1.54, 1.807) is 12.1 Å². The normalized spacial score (nSPS) is 47.0. The second kappa shape index (κ2) is 10.2. The molecule has 2 unspecified atom stereocenters. The maximum Gasteiger partial charge on any atom is 0.338 e. The molecule has 0 aromatic heterocycles. The van der Waals surface area contributed by atoms with Gasteiger partial charge in [-0.3, -0.25) is 5.32 Å². The van der Waals surface area contributed by atoms with Gasteiger partial charge in [0.05, 0.1) is 26.4 Å². The minimum absolute atomic E-state index is 0.0462. The minimum Gasteiger partial charge on any atom is -0.502 e. The van der Waals surface area contributed by atoms with Crippen molar-refractivity contribution in [1.82, 2.24) is 10.2 Å². The number of phenolic OH excluding ortho intramolecular Hbond substituents is 1. The fourth-order valence-electron chi connectivity index (χ4n) is 12.9. The molecule has 5 saturated carbocycles. The number of benzene rings is 1. The molecule has 1 heterocycles. The van der Waals surface area contributed by atoms with E-state index in [9.17, 15) is 9.90 Å². The van der Waals surface area contributed by atoms with Crippen molar-refractivity contribution in [3.05, 3.63) is 17.7 Å². The lowest BCUT2D eigenvalue weighted by Gasteiger charge is -2.64. The molecule has 5 aliphatic carbocycles. The van der Waals surface area contributed by atoms with Gasteiger partial charge in [-0.2, -0.15) is 0 Å². The first-order chi connectivity index (χ1) is 21.2. The number of carbonyl (C=O) groups excluding carboxylic acids is 1. The lowest BCUT2D eigenvalue weighted by molar-refractivity contribution is -0.184.